The van der Waals surface area contributed by atoms with Gasteiger partial charge in [-0.1, -0.05) is 18.7 Å². The Kier molecular flexibility index (Phi) is 2.36. The lowest BCUT2D eigenvalue weighted by Gasteiger charge is -1.83. The van der Waals surface area contributed by atoms with Crippen LogP contribution >= 0.6 is 23.1 Å². The second-order valence-electron chi connectivity index (χ2n) is 1.15. The zero-order valence-corrected chi connectivity index (χ0v) is 6.13. The van der Waals surface area contributed by atoms with Gasteiger partial charge in [0.05, 0.1) is 0 Å². The van der Waals surface area contributed by atoms with Crippen LogP contribution in [0.25, 0.3) is 0 Å². The van der Waals surface area contributed by atoms with Crippen LogP contribution in [0.3, 0.4) is 0 Å². The number of hydrogen-bond donors (Lipinski definition) is 0. The van der Waals surface area contributed by atoms with Gasteiger partial charge in [-0.25, -0.2) is 4.98 Å². The minimum atomic E-state index is 1.12. The van der Waals surface area contributed by atoms with E-state index in [0.29, 0.717) is 0 Å². The first-order valence-electron chi connectivity index (χ1n) is 2.27. The van der Waals surface area contributed by atoms with Gasteiger partial charge in [0.15, 0.2) is 0 Å². The summed E-state index contributed by atoms with van der Waals surface area (Å²) in [6, 6.07) is 0. The zero-order chi connectivity index (χ0) is 5.82. The molecule has 0 aliphatic carbocycles. The monoisotopic (exact) mass is 144 g/mol. The topological polar surface area (TPSA) is 12.9 Å². The second-order valence-corrected chi connectivity index (χ2v) is 3.40. The van der Waals surface area contributed by atoms with Crippen LogP contribution in [0.5, 0.6) is 0 Å². The van der Waals surface area contributed by atoms with Crippen molar-refractivity contribution in [2.24, 2.45) is 0 Å². The predicted octanol–water partition coefficient (Wildman–Crippen LogP) is 2.42. The lowest BCUT2D eigenvalue weighted by atomic mass is 11.0. The van der Waals surface area contributed by atoms with Gasteiger partial charge >= 0.3 is 0 Å². The van der Waals surface area contributed by atoms with Gasteiger partial charge in [0.2, 0.25) is 0 Å². The van der Waals surface area contributed by atoms with Gasteiger partial charge in [0.25, 0.3) is 0 Å². The van der Waals surface area contributed by atoms with E-state index in [4.69, 9.17) is 0 Å². The Balaban J connectivity index is 2.50. The maximum absolute atomic E-state index is 4.06. The highest BCUT2D eigenvalue weighted by Gasteiger charge is 1.89. The zero-order valence-electron chi connectivity index (χ0n) is 4.50. The molecule has 1 heterocycles. The first-order chi connectivity index (χ1) is 3.93. The van der Waals surface area contributed by atoms with Crippen molar-refractivity contribution in [2.45, 2.75) is 11.3 Å². The van der Waals surface area contributed by atoms with E-state index in [0.717, 1.165) is 4.34 Å². The summed E-state index contributed by atoms with van der Waals surface area (Å²) in [5, 5.41) is 1.98. The third-order valence-electron chi connectivity index (χ3n) is 0.628. The molecule has 0 fully saturated rings. The molecule has 3 heteroatoms. The van der Waals surface area contributed by atoms with E-state index in [-0.39, 0.29) is 0 Å². The van der Waals surface area contributed by atoms with Crippen molar-refractivity contribution >= 4 is 23.1 Å². The molecule has 0 bridgehead atoms. The van der Waals surface area contributed by atoms with Gasteiger partial charge in [0, 0.05) is 17.3 Å². The molecule has 0 amide bonds. The minimum absolute atomic E-state index is 1.12. The number of aromatic nitrogens is 1. The molecule has 0 atom stereocenters. The Morgan fingerprint density at radius 3 is 3.25 bits per heavy atom. The molecular formula is C5H6NS2. The molecule has 43 valence electrons. The number of hydrogen-bond acceptors (Lipinski definition) is 3. The fourth-order valence-corrected chi connectivity index (χ4v) is 1.73. The molecule has 1 rings (SSSR count). The molecule has 1 aromatic rings. The highest BCUT2D eigenvalue weighted by atomic mass is 32.2. The molecule has 0 saturated carbocycles. The SMILES string of the molecule is C[CH]Sc1nccs1. The van der Waals surface area contributed by atoms with Crippen LogP contribution in [0.15, 0.2) is 15.9 Å². The Bertz CT molecular complexity index is 136. The summed E-state index contributed by atoms with van der Waals surface area (Å²) in [7, 11) is 0. The van der Waals surface area contributed by atoms with Crippen LogP contribution in [0.2, 0.25) is 0 Å². The van der Waals surface area contributed by atoms with Crippen LogP contribution in [-0.2, 0) is 0 Å². The van der Waals surface area contributed by atoms with Crippen molar-refractivity contribution in [1.29, 1.82) is 0 Å². The molecule has 0 aromatic carbocycles. The number of rotatable bonds is 2. The first-order valence-corrected chi connectivity index (χ1v) is 4.03. The summed E-state index contributed by atoms with van der Waals surface area (Å²) < 4.78 is 1.12. The number of thiazole rings is 1. The highest BCUT2D eigenvalue weighted by Crippen LogP contribution is 2.21. The average Bonchev–Trinajstić information content (AvgIpc) is 2.19. The lowest BCUT2D eigenvalue weighted by Crippen LogP contribution is -1.60. The quantitative estimate of drug-likeness (QED) is 0.591. The van der Waals surface area contributed by atoms with E-state index in [9.17, 15) is 0 Å². The fourth-order valence-electron chi connectivity index (χ4n) is 0.369. The van der Waals surface area contributed by atoms with Gasteiger partial charge in [0.1, 0.15) is 4.34 Å². The standard InChI is InChI=1S/C5H6NS2/c1-2-7-5-6-3-4-8-5/h2-4H,1H3. The van der Waals surface area contributed by atoms with E-state index >= 15 is 0 Å². The summed E-state index contributed by atoms with van der Waals surface area (Å²) in [6.45, 7) is 2.01. The van der Waals surface area contributed by atoms with E-state index in [1.165, 1.54) is 0 Å². The highest BCUT2D eigenvalue weighted by molar-refractivity contribution is 8.02. The van der Waals surface area contributed by atoms with Crippen molar-refractivity contribution in [3.8, 4) is 0 Å². The summed E-state index contributed by atoms with van der Waals surface area (Å²) in [5.41, 5.74) is 0. The van der Waals surface area contributed by atoms with Crippen molar-refractivity contribution in [1.82, 2.24) is 4.98 Å². The molecule has 0 N–H and O–H groups in total. The van der Waals surface area contributed by atoms with Gasteiger partial charge in [-0.2, -0.15) is 0 Å². The molecule has 0 saturated heterocycles. The molecule has 0 spiro atoms. The summed E-state index contributed by atoms with van der Waals surface area (Å²) >= 11 is 3.33. The largest absolute Gasteiger partial charge is 0.238 e. The Morgan fingerprint density at radius 2 is 2.75 bits per heavy atom. The number of thioether (sulfide) groups is 1. The maximum atomic E-state index is 4.06. The second kappa shape index (κ2) is 3.10. The molecular weight excluding hydrogens is 138 g/mol. The third-order valence-corrected chi connectivity index (χ3v) is 2.31. The molecule has 8 heavy (non-hydrogen) atoms. The third kappa shape index (κ3) is 1.49. The van der Waals surface area contributed by atoms with Gasteiger partial charge in [-0.3, -0.25) is 0 Å². The van der Waals surface area contributed by atoms with E-state index in [1.54, 1.807) is 23.1 Å². The van der Waals surface area contributed by atoms with E-state index in [2.05, 4.69) is 4.98 Å². The first kappa shape index (κ1) is 6.11. The molecule has 0 unspecified atom stereocenters. The van der Waals surface area contributed by atoms with Gasteiger partial charge < -0.3 is 0 Å². The molecule has 1 nitrogen and oxygen atoms in total. The van der Waals surface area contributed by atoms with Crippen LogP contribution in [-0.4, -0.2) is 4.98 Å². The Hall–Kier alpha value is -0.0200. The lowest BCUT2D eigenvalue weighted by molar-refractivity contribution is 1.25. The Labute approximate surface area is 57.1 Å². The van der Waals surface area contributed by atoms with Gasteiger partial charge in [-0.05, 0) is 0 Å². The Morgan fingerprint density at radius 1 is 1.88 bits per heavy atom. The van der Waals surface area contributed by atoms with Crippen LogP contribution < -0.4 is 0 Å². The normalized spacial score (nSPS) is 9.62. The van der Waals surface area contributed by atoms with E-state index in [1.807, 2.05) is 24.3 Å². The molecule has 1 radical (unpaired) electrons. The van der Waals surface area contributed by atoms with Gasteiger partial charge in [-0.15, -0.1) is 11.3 Å². The van der Waals surface area contributed by atoms with E-state index < -0.39 is 0 Å². The number of nitrogens with zero attached hydrogens (tertiary/aromatic N) is 1. The maximum Gasteiger partial charge on any atom is 0.150 e. The van der Waals surface area contributed by atoms with Crippen molar-refractivity contribution in [3.63, 3.8) is 0 Å². The van der Waals surface area contributed by atoms with Crippen LogP contribution in [0.4, 0.5) is 0 Å². The van der Waals surface area contributed by atoms with Crippen LogP contribution in [0, 0.1) is 5.75 Å². The van der Waals surface area contributed by atoms with Crippen molar-refractivity contribution < 1.29 is 0 Å². The fraction of sp³-hybridized carbons (Fsp3) is 0.200. The molecule has 0 aliphatic rings. The average molecular weight is 144 g/mol. The summed E-state index contributed by atoms with van der Waals surface area (Å²) in [5.74, 6) is 2.03. The van der Waals surface area contributed by atoms with Crippen LogP contribution in [0.1, 0.15) is 6.92 Å². The summed E-state index contributed by atoms with van der Waals surface area (Å²) in [4.78, 5) is 4.06. The minimum Gasteiger partial charge on any atom is -0.238 e. The summed E-state index contributed by atoms with van der Waals surface area (Å²) in [6.07, 6.45) is 1.82. The smallest absolute Gasteiger partial charge is 0.150 e. The predicted molar refractivity (Wildman–Crippen MR) is 37.9 cm³/mol. The van der Waals surface area contributed by atoms with Crippen molar-refractivity contribution in [2.75, 3.05) is 0 Å². The van der Waals surface area contributed by atoms with Crippen molar-refractivity contribution in [3.05, 3.63) is 17.3 Å². The molecule has 1 aromatic heterocycles. The molecule has 0 aliphatic heterocycles.